The van der Waals surface area contributed by atoms with Gasteiger partial charge in [0.1, 0.15) is 0 Å². The summed E-state index contributed by atoms with van der Waals surface area (Å²) in [5.74, 6) is 0. The zero-order valence-corrected chi connectivity index (χ0v) is 11.0. The van der Waals surface area contributed by atoms with Crippen molar-refractivity contribution in [1.82, 2.24) is 10.6 Å². The summed E-state index contributed by atoms with van der Waals surface area (Å²) in [4.78, 5) is 11.7. The average molecular weight is 254 g/mol. The summed E-state index contributed by atoms with van der Waals surface area (Å²) in [5.41, 5.74) is 1.13. The number of urea groups is 1. The first-order valence-corrected chi connectivity index (χ1v) is 6.78. The fourth-order valence-corrected chi connectivity index (χ4v) is 2.21. The SMILES string of the molecule is CC(NC(=O)NC1CC1)c1ccc2ccccc2c1. The first kappa shape index (κ1) is 12.0. The molecule has 0 radical (unpaired) electrons. The molecule has 3 rings (SSSR count). The van der Waals surface area contributed by atoms with Crippen LogP contribution in [0.3, 0.4) is 0 Å². The van der Waals surface area contributed by atoms with Crippen LogP contribution in [-0.2, 0) is 0 Å². The van der Waals surface area contributed by atoms with Gasteiger partial charge in [0.2, 0.25) is 0 Å². The summed E-state index contributed by atoms with van der Waals surface area (Å²) in [7, 11) is 0. The van der Waals surface area contributed by atoms with Gasteiger partial charge >= 0.3 is 6.03 Å². The van der Waals surface area contributed by atoms with Gasteiger partial charge < -0.3 is 10.6 Å². The molecule has 2 aromatic rings. The standard InChI is InChI=1S/C16H18N2O/c1-11(17-16(19)18-15-8-9-15)13-7-6-12-4-2-3-5-14(12)10-13/h2-7,10-11,15H,8-9H2,1H3,(H2,17,18,19). The second-order valence-corrected chi connectivity index (χ2v) is 5.22. The second kappa shape index (κ2) is 4.92. The maximum Gasteiger partial charge on any atom is 0.315 e. The molecule has 2 N–H and O–H groups in total. The number of amides is 2. The molecule has 0 heterocycles. The van der Waals surface area contributed by atoms with Crippen LogP contribution in [0.1, 0.15) is 31.4 Å². The Bertz CT molecular complexity index is 604. The number of fused-ring (bicyclic) bond motifs is 1. The van der Waals surface area contributed by atoms with E-state index in [1.54, 1.807) is 0 Å². The van der Waals surface area contributed by atoms with E-state index in [-0.39, 0.29) is 12.1 Å². The topological polar surface area (TPSA) is 41.1 Å². The van der Waals surface area contributed by atoms with Crippen molar-refractivity contribution in [1.29, 1.82) is 0 Å². The summed E-state index contributed by atoms with van der Waals surface area (Å²) in [6.45, 7) is 2.01. The van der Waals surface area contributed by atoms with Gasteiger partial charge in [-0.2, -0.15) is 0 Å². The maximum atomic E-state index is 11.7. The first-order valence-electron chi connectivity index (χ1n) is 6.78. The Morgan fingerprint density at radius 3 is 2.63 bits per heavy atom. The van der Waals surface area contributed by atoms with Crippen molar-refractivity contribution < 1.29 is 4.79 Å². The Kier molecular flexibility index (Phi) is 3.11. The van der Waals surface area contributed by atoms with Crippen molar-refractivity contribution in [2.75, 3.05) is 0 Å². The third kappa shape index (κ3) is 2.87. The molecule has 2 aromatic carbocycles. The Balaban J connectivity index is 1.72. The molecule has 1 atom stereocenters. The molecule has 2 amide bonds. The second-order valence-electron chi connectivity index (χ2n) is 5.22. The lowest BCUT2D eigenvalue weighted by Crippen LogP contribution is -2.38. The summed E-state index contributed by atoms with van der Waals surface area (Å²) >= 11 is 0. The molecule has 98 valence electrons. The van der Waals surface area contributed by atoms with Crippen LogP contribution in [0.2, 0.25) is 0 Å². The molecule has 0 bridgehead atoms. The van der Waals surface area contributed by atoms with E-state index in [9.17, 15) is 4.79 Å². The number of benzene rings is 2. The van der Waals surface area contributed by atoms with Crippen LogP contribution in [0.4, 0.5) is 4.79 Å². The molecular formula is C16H18N2O. The van der Waals surface area contributed by atoms with Crippen LogP contribution in [0, 0.1) is 0 Å². The smallest absolute Gasteiger partial charge is 0.315 e. The lowest BCUT2D eigenvalue weighted by molar-refractivity contribution is 0.237. The zero-order chi connectivity index (χ0) is 13.2. The van der Waals surface area contributed by atoms with E-state index in [1.165, 1.54) is 10.8 Å². The monoisotopic (exact) mass is 254 g/mol. The van der Waals surface area contributed by atoms with Crippen molar-refractivity contribution in [3.8, 4) is 0 Å². The van der Waals surface area contributed by atoms with Gasteiger partial charge in [-0.1, -0.05) is 36.4 Å². The zero-order valence-electron chi connectivity index (χ0n) is 11.0. The van der Waals surface area contributed by atoms with E-state index in [1.807, 2.05) is 19.1 Å². The van der Waals surface area contributed by atoms with Crippen molar-refractivity contribution >= 4 is 16.8 Å². The van der Waals surface area contributed by atoms with Crippen LogP contribution in [0.15, 0.2) is 42.5 Å². The molecule has 1 aliphatic rings. The molecule has 0 spiro atoms. The van der Waals surface area contributed by atoms with E-state index in [4.69, 9.17) is 0 Å². The van der Waals surface area contributed by atoms with Crippen LogP contribution in [-0.4, -0.2) is 12.1 Å². The largest absolute Gasteiger partial charge is 0.335 e. The molecule has 1 saturated carbocycles. The molecule has 0 aromatic heterocycles. The number of nitrogens with one attached hydrogen (secondary N) is 2. The molecule has 0 saturated heterocycles. The van der Waals surface area contributed by atoms with Gasteiger partial charge in [0.15, 0.2) is 0 Å². The van der Waals surface area contributed by atoms with Gasteiger partial charge in [-0.15, -0.1) is 0 Å². The lowest BCUT2D eigenvalue weighted by atomic mass is 10.0. The number of carbonyl (C=O) groups is 1. The van der Waals surface area contributed by atoms with E-state index >= 15 is 0 Å². The van der Waals surface area contributed by atoms with Crippen molar-refractivity contribution in [2.45, 2.75) is 31.8 Å². The predicted molar refractivity (Wildman–Crippen MR) is 77.1 cm³/mol. The summed E-state index contributed by atoms with van der Waals surface area (Å²) in [6, 6.07) is 14.9. The highest BCUT2D eigenvalue weighted by molar-refractivity contribution is 5.83. The highest BCUT2D eigenvalue weighted by Gasteiger charge is 2.23. The molecule has 1 unspecified atom stereocenters. The first-order chi connectivity index (χ1) is 9.22. The Labute approximate surface area is 113 Å². The maximum absolute atomic E-state index is 11.7. The van der Waals surface area contributed by atoms with Crippen molar-refractivity contribution in [3.63, 3.8) is 0 Å². The Morgan fingerprint density at radius 2 is 1.89 bits per heavy atom. The van der Waals surface area contributed by atoms with Gasteiger partial charge in [0, 0.05) is 6.04 Å². The number of carbonyl (C=O) groups excluding carboxylic acids is 1. The molecule has 1 fully saturated rings. The third-order valence-corrected chi connectivity index (χ3v) is 3.53. The van der Waals surface area contributed by atoms with Crippen molar-refractivity contribution in [3.05, 3.63) is 48.0 Å². The molecule has 19 heavy (non-hydrogen) atoms. The third-order valence-electron chi connectivity index (χ3n) is 3.53. The van der Waals surface area contributed by atoms with Crippen LogP contribution in [0.5, 0.6) is 0 Å². The molecule has 3 nitrogen and oxygen atoms in total. The lowest BCUT2D eigenvalue weighted by Gasteiger charge is -2.15. The molecule has 3 heteroatoms. The minimum atomic E-state index is -0.0665. The van der Waals surface area contributed by atoms with Gasteiger partial charge in [0.05, 0.1) is 6.04 Å². The minimum absolute atomic E-state index is 0.0170. The normalized spacial score (nSPS) is 16.1. The highest BCUT2D eigenvalue weighted by atomic mass is 16.2. The van der Waals surface area contributed by atoms with Crippen LogP contribution in [0.25, 0.3) is 10.8 Å². The fraction of sp³-hybridized carbons (Fsp3) is 0.312. The molecular weight excluding hydrogens is 236 g/mol. The number of hydrogen-bond donors (Lipinski definition) is 2. The minimum Gasteiger partial charge on any atom is -0.335 e. The highest BCUT2D eigenvalue weighted by Crippen LogP contribution is 2.21. The van der Waals surface area contributed by atoms with Crippen LogP contribution < -0.4 is 10.6 Å². The quantitative estimate of drug-likeness (QED) is 0.866. The average Bonchev–Trinajstić information content (AvgIpc) is 3.21. The molecule has 0 aliphatic heterocycles. The van der Waals surface area contributed by atoms with Gasteiger partial charge in [-0.3, -0.25) is 0 Å². The van der Waals surface area contributed by atoms with Gasteiger partial charge in [0.25, 0.3) is 0 Å². The van der Waals surface area contributed by atoms with Gasteiger partial charge in [-0.05, 0) is 42.2 Å². The van der Waals surface area contributed by atoms with E-state index in [0.717, 1.165) is 18.4 Å². The van der Waals surface area contributed by atoms with E-state index in [0.29, 0.717) is 6.04 Å². The van der Waals surface area contributed by atoms with Crippen molar-refractivity contribution in [2.24, 2.45) is 0 Å². The summed E-state index contributed by atoms with van der Waals surface area (Å²) < 4.78 is 0. The number of rotatable bonds is 3. The summed E-state index contributed by atoms with van der Waals surface area (Å²) in [5, 5.41) is 8.35. The van der Waals surface area contributed by atoms with Crippen LogP contribution >= 0.6 is 0 Å². The van der Waals surface area contributed by atoms with E-state index in [2.05, 4.69) is 41.0 Å². The fourth-order valence-electron chi connectivity index (χ4n) is 2.21. The molecule has 1 aliphatic carbocycles. The number of hydrogen-bond acceptors (Lipinski definition) is 1. The van der Waals surface area contributed by atoms with Gasteiger partial charge in [-0.25, -0.2) is 4.79 Å². The summed E-state index contributed by atoms with van der Waals surface area (Å²) in [6.07, 6.45) is 2.22. The Hall–Kier alpha value is -2.03. The van der Waals surface area contributed by atoms with E-state index < -0.39 is 0 Å². The predicted octanol–water partition coefficient (Wildman–Crippen LogP) is 3.36. The Morgan fingerprint density at radius 1 is 1.16 bits per heavy atom.